The number of fused-ring (bicyclic) bond motifs is 1. The number of amides is 1. The quantitative estimate of drug-likeness (QED) is 0.286. The van der Waals surface area contributed by atoms with Crippen molar-refractivity contribution in [2.75, 3.05) is 18.5 Å². The summed E-state index contributed by atoms with van der Waals surface area (Å²) in [5.74, 6) is 0.271. The Morgan fingerprint density at radius 1 is 0.971 bits per heavy atom. The van der Waals surface area contributed by atoms with Gasteiger partial charge in [0.05, 0.1) is 17.3 Å². The fourth-order valence-corrected chi connectivity index (χ4v) is 3.76. The molecule has 34 heavy (non-hydrogen) atoms. The van der Waals surface area contributed by atoms with E-state index < -0.39 is 11.7 Å². The van der Waals surface area contributed by atoms with E-state index in [2.05, 4.69) is 12.2 Å². The van der Waals surface area contributed by atoms with Crippen molar-refractivity contribution in [1.29, 1.82) is 0 Å². The number of halogens is 1. The first-order chi connectivity index (χ1) is 16.5. The van der Waals surface area contributed by atoms with Gasteiger partial charge < -0.3 is 19.2 Å². The summed E-state index contributed by atoms with van der Waals surface area (Å²) in [6.07, 6.45) is 0.921. The molecular weight excluding hydrogens is 454 g/mol. The highest BCUT2D eigenvalue weighted by atomic mass is 35.5. The van der Waals surface area contributed by atoms with Crippen molar-refractivity contribution < 1.29 is 23.5 Å². The number of furan rings is 1. The van der Waals surface area contributed by atoms with E-state index in [1.54, 1.807) is 36.4 Å². The Morgan fingerprint density at radius 3 is 2.44 bits per heavy atom. The Labute approximate surface area is 202 Å². The average Bonchev–Trinajstić information content (AvgIpc) is 3.22. The summed E-state index contributed by atoms with van der Waals surface area (Å²) in [7, 11) is 0. The molecule has 4 rings (SSSR count). The van der Waals surface area contributed by atoms with Crippen molar-refractivity contribution in [2.45, 2.75) is 20.3 Å². The predicted octanol–water partition coefficient (Wildman–Crippen LogP) is 6.30. The van der Waals surface area contributed by atoms with E-state index in [0.29, 0.717) is 45.3 Å². The molecule has 3 aromatic carbocycles. The second-order valence-electron chi connectivity index (χ2n) is 7.54. The van der Waals surface area contributed by atoms with Crippen molar-refractivity contribution in [3.05, 3.63) is 88.6 Å². The molecule has 0 fully saturated rings. The molecule has 1 N–H and O–H groups in total. The molecule has 7 heteroatoms. The molecule has 0 unspecified atom stereocenters. The van der Waals surface area contributed by atoms with Crippen molar-refractivity contribution in [3.63, 3.8) is 0 Å². The number of anilines is 1. The number of aryl methyl sites for hydroxylation is 1. The highest BCUT2D eigenvalue weighted by Crippen LogP contribution is 2.34. The van der Waals surface area contributed by atoms with Gasteiger partial charge in [-0.05, 0) is 61.4 Å². The first-order valence-corrected chi connectivity index (χ1v) is 11.4. The van der Waals surface area contributed by atoms with Crippen LogP contribution in [0.15, 0.2) is 71.1 Å². The van der Waals surface area contributed by atoms with Crippen LogP contribution in [0.5, 0.6) is 11.5 Å². The molecule has 0 aliphatic rings. The molecule has 1 amide bonds. The largest absolute Gasteiger partial charge is 0.492 e. The number of nitrogens with one attached hydrogen (secondary N) is 1. The first-order valence-electron chi connectivity index (χ1n) is 11.0. The molecule has 0 spiro atoms. The number of carbonyl (C=O) groups excluding carboxylic acids is 2. The summed E-state index contributed by atoms with van der Waals surface area (Å²) in [6.45, 7) is 4.16. The van der Waals surface area contributed by atoms with E-state index in [0.717, 1.165) is 6.42 Å². The smallest absolute Gasteiger partial charge is 0.262 e. The average molecular weight is 478 g/mol. The maximum atomic E-state index is 13.3. The molecule has 0 aliphatic carbocycles. The van der Waals surface area contributed by atoms with Crippen molar-refractivity contribution in [3.8, 4) is 11.5 Å². The van der Waals surface area contributed by atoms with Gasteiger partial charge in [0.2, 0.25) is 5.78 Å². The molecule has 6 nitrogen and oxygen atoms in total. The summed E-state index contributed by atoms with van der Waals surface area (Å²) in [5.41, 5.74) is 2.27. The van der Waals surface area contributed by atoms with Gasteiger partial charge in [-0.25, -0.2) is 0 Å². The fraction of sp³-hybridized carbons (Fsp3) is 0.185. The van der Waals surface area contributed by atoms with Crippen LogP contribution in [0.1, 0.15) is 35.5 Å². The number of hydrogen-bond acceptors (Lipinski definition) is 5. The fourth-order valence-electron chi connectivity index (χ4n) is 3.52. The lowest BCUT2D eigenvalue weighted by molar-refractivity contribution is -0.118. The molecule has 4 aromatic rings. The third-order valence-corrected chi connectivity index (χ3v) is 5.56. The number of ketones is 1. The van der Waals surface area contributed by atoms with Crippen molar-refractivity contribution in [1.82, 2.24) is 0 Å². The number of para-hydroxylation sites is 1. The second kappa shape index (κ2) is 10.4. The van der Waals surface area contributed by atoms with Crippen LogP contribution < -0.4 is 14.8 Å². The Balaban J connectivity index is 1.58. The molecular formula is C27H24ClNO5. The lowest BCUT2D eigenvalue weighted by Crippen LogP contribution is -2.21. The maximum absolute atomic E-state index is 13.3. The monoisotopic (exact) mass is 477 g/mol. The van der Waals surface area contributed by atoms with Gasteiger partial charge in [-0.2, -0.15) is 0 Å². The van der Waals surface area contributed by atoms with Gasteiger partial charge in [0, 0.05) is 10.9 Å². The minimum atomic E-state index is -0.412. The standard InChI is InChI=1S/C27H24ClNO5/c1-3-17-9-12-19(13-10-17)33-16-24(30)29-25-20-7-5-6-8-22(20)34-27(25)26(31)18-11-14-23(32-4-2)21(28)15-18/h5-15H,3-4,16H2,1-2H3,(H,29,30). The van der Waals surface area contributed by atoms with Crippen LogP contribution in [-0.4, -0.2) is 24.9 Å². The van der Waals surface area contributed by atoms with E-state index in [1.807, 2.05) is 31.2 Å². The summed E-state index contributed by atoms with van der Waals surface area (Å²) >= 11 is 6.27. The third-order valence-electron chi connectivity index (χ3n) is 5.26. The predicted molar refractivity (Wildman–Crippen MR) is 132 cm³/mol. The highest BCUT2D eigenvalue weighted by Gasteiger charge is 2.24. The molecule has 174 valence electrons. The third kappa shape index (κ3) is 5.07. The molecule has 0 radical (unpaired) electrons. The Kier molecular flexibility index (Phi) is 7.18. The van der Waals surface area contributed by atoms with Gasteiger partial charge in [-0.1, -0.05) is 42.8 Å². The SMILES string of the molecule is CCOc1ccc(C(=O)c2oc3ccccc3c2NC(=O)COc2ccc(CC)cc2)cc1Cl. The van der Waals surface area contributed by atoms with Gasteiger partial charge in [0.25, 0.3) is 5.91 Å². The molecule has 0 aliphatic heterocycles. The zero-order valence-electron chi connectivity index (χ0n) is 18.9. The minimum absolute atomic E-state index is 0.0158. The Hall–Kier alpha value is -3.77. The van der Waals surface area contributed by atoms with E-state index in [-0.39, 0.29) is 12.4 Å². The summed E-state index contributed by atoms with van der Waals surface area (Å²) in [4.78, 5) is 26.0. The number of hydrogen-bond donors (Lipinski definition) is 1. The van der Waals surface area contributed by atoms with Gasteiger partial charge in [0.1, 0.15) is 17.1 Å². The lowest BCUT2D eigenvalue weighted by Gasteiger charge is -2.09. The summed E-state index contributed by atoms with van der Waals surface area (Å²) < 4.78 is 16.9. The molecule has 0 atom stereocenters. The molecule has 1 aromatic heterocycles. The zero-order valence-corrected chi connectivity index (χ0v) is 19.6. The van der Waals surface area contributed by atoms with Crippen LogP contribution in [0.2, 0.25) is 5.02 Å². The van der Waals surface area contributed by atoms with Crippen LogP contribution in [0, 0.1) is 0 Å². The van der Waals surface area contributed by atoms with E-state index in [4.69, 9.17) is 25.5 Å². The van der Waals surface area contributed by atoms with Crippen LogP contribution in [0.25, 0.3) is 11.0 Å². The topological polar surface area (TPSA) is 77.8 Å². The maximum Gasteiger partial charge on any atom is 0.262 e. The first kappa shape index (κ1) is 23.4. The van der Waals surface area contributed by atoms with Crippen LogP contribution in [-0.2, 0) is 11.2 Å². The number of rotatable bonds is 9. The summed E-state index contributed by atoms with van der Waals surface area (Å²) in [5, 5.41) is 3.72. The zero-order chi connectivity index (χ0) is 24.1. The molecule has 0 bridgehead atoms. The highest BCUT2D eigenvalue weighted by molar-refractivity contribution is 6.32. The van der Waals surface area contributed by atoms with Crippen molar-refractivity contribution >= 4 is 39.9 Å². The molecule has 1 heterocycles. The second-order valence-corrected chi connectivity index (χ2v) is 7.95. The summed E-state index contributed by atoms with van der Waals surface area (Å²) in [6, 6.07) is 19.4. The van der Waals surface area contributed by atoms with Crippen LogP contribution >= 0.6 is 11.6 Å². The van der Waals surface area contributed by atoms with E-state index in [1.165, 1.54) is 11.6 Å². The van der Waals surface area contributed by atoms with E-state index >= 15 is 0 Å². The minimum Gasteiger partial charge on any atom is -0.492 e. The Morgan fingerprint density at radius 2 is 1.74 bits per heavy atom. The van der Waals surface area contributed by atoms with Crippen molar-refractivity contribution in [2.24, 2.45) is 0 Å². The number of ether oxygens (including phenoxy) is 2. The lowest BCUT2D eigenvalue weighted by atomic mass is 10.1. The number of carbonyl (C=O) groups is 2. The van der Waals surface area contributed by atoms with Crippen LogP contribution in [0.3, 0.4) is 0 Å². The molecule has 0 saturated heterocycles. The van der Waals surface area contributed by atoms with E-state index in [9.17, 15) is 9.59 Å². The van der Waals surface area contributed by atoms with Gasteiger partial charge in [0.15, 0.2) is 12.4 Å². The van der Waals surface area contributed by atoms with Crippen LogP contribution in [0.4, 0.5) is 5.69 Å². The Bertz CT molecular complexity index is 1330. The van der Waals surface area contributed by atoms with Gasteiger partial charge in [-0.15, -0.1) is 0 Å². The molecule has 0 saturated carbocycles. The normalized spacial score (nSPS) is 10.8. The number of benzene rings is 3. The van der Waals surface area contributed by atoms with Gasteiger partial charge >= 0.3 is 0 Å². The van der Waals surface area contributed by atoms with Gasteiger partial charge in [-0.3, -0.25) is 9.59 Å².